The van der Waals surface area contributed by atoms with E-state index in [9.17, 15) is 5.11 Å². The summed E-state index contributed by atoms with van der Waals surface area (Å²) >= 11 is 15.5. The zero-order chi connectivity index (χ0) is 21.1. The zero-order valence-corrected chi connectivity index (χ0v) is 18.9. The molecule has 0 aliphatic heterocycles. The second kappa shape index (κ2) is 9.27. The van der Waals surface area contributed by atoms with Crippen molar-refractivity contribution in [2.45, 2.75) is 10.1 Å². The van der Waals surface area contributed by atoms with Crippen LogP contribution in [0.2, 0.25) is 10.0 Å². The summed E-state index contributed by atoms with van der Waals surface area (Å²) in [5.41, 5.74) is 3.27. The molecule has 4 rings (SSSR count). The van der Waals surface area contributed by atoms with Gasteiger partial charge in [0, 0.05) is 27.6 Å². The molecule has 0 saturated heterocycles. The van der Waals surface area contributed by atoms with E-state index in [1.807, 2.05) is 36.4 Å². The third kappa shape index (κ3) is 4.73. The van der Waals surface area contributed by atoms with Crippen molar-refractivity contribution >= 4 is 68.4 Å². The molecule has 0 saturated carbocycles. The minimum absolute atomic E-state index is 0.0704. The van der Waals surface area contributed by atoms with Gasteiger partial charge in [-0.2, -0.15) is 0 Å². The summed E-state index contributed by atoms with van der Waals surface area (Å²) in [4.78, 5) is 9.16. The lowest BCUT2D eigenvalue weighted by atomic mass is 10.2. The third-order valence-electron chi connectivity index (χ3n) is 4.31. The zero-order valence-electron chi connectivity index (χ0n) is 15.8. The van der Waals surface area contributed by atoms with Crippen molar-refractivity contribution in [2.75, 3.05) is 7.11 Å². The van der Waals surface area contributed by atoms with Crippen molar-refractivity contribution < 1.29 is 9.84 Å². The van der Waals surface area contributed by atoms with Crippen molar-refractivity contribution in [3.05, 3.63) is 75.8 Å². The van der Waals surface area contributed by atoms with Crippen LogP contribution >= 0.6 is 46.3 Å². The molecule has 0 fully saturated rings. The Morgan fingerprint density at radius 3 is 2.87 bits per heavy atom. The van der Waals surface area contributed by atoms with Gasteiger partial charge in [0.2, 0.25) is 0 Å². The molecule has 0 spiro atoms. The molecule has 4 aromatic rings. The maximum absolute atomic E-state index is 10.2. The lowest BCUT2D eigenvalue weighted by Gasteiger charge is -2.04. The van der Waals surface area contributed by atoms with Crippen molar-refractivity contribution in [1.29, 1.82) is 0 Å². The van der Waals surface area contributed by atoms with Crippen LogP contribution in [-0.2, 0) is 5.75 Å². The Bertz CT molecular complexity index is 1240. The molecule has 1 aromatic heterocycles. The van der Waals surface area contributed by atoms with Crippen LogP contribution in [0.3, 0.4) is 0 Å². The van der Waals surface area contributed by atoms with Crippen LogP contribution < -0.4 is 4.74 Å². The molecule has 0 bridgehead atoms. The van der Waals surface area contributed by atoms with Gasteiger partial charge in [0.15, 0.2) is 15.8 Å². The number of phenolic OH excluding ortho intramolecular Hbond substituents is 1. The Kier molecular flexibility index (Phi) is 6.49. The second-order valence-electron chi connectivity index (χ2n) is 6.31. The first kappa shape index (κ1) is 21.0. The van der Waals surface area contributed by atoms with Crippen LogP contribution in [-0.4, -0.2) is 23.4 Å². The second-order valence-corrected chi connectivity index (χ2v) is 9.41. The number of thiazole rings is 1. The molecule has 1 N–H and O–H groups in total. The van der Waals surface area contributed by atoms with E-state index in [1.165, 1.54) is 7.11 Å². The predicted molar refractivity (Wildman–Crippen MR) is 128 cm³/mol. The predicted octanol–water partition coefficient (Wildman–Crippen LogP) is 7.36. The number of phenols is 1. The van der Waals surface area contributed by atoms with Crippen LogP contribution in [0.15, 0.2) is 63.9 Å². The molecule has 1 heterocycles. The van der Waals surface area contributed by atoms with E-state index < -0.39 is 0 Å². The normalized spacial score (nSPS) is 11.4. The average Bonchev–Trinajstić information content (AvgIpc) is 3.16. The summed E-state index contributed by atoms with van der Waals surface area (Å²) in [6, 6.07) is 16.6. The Morgan fingerprint density at radius 1 is 1.17 bits per heavy atom. The summed E-state index contributed by atoms with van der Waals surface area (Å²) < 4.78 is 7.12. The van der Waals surface area contributed by atoms with Crippen molar-refractivity contribution in [1.82, 2.24) is 4.98 Å². The van der Waals surface area contributed by atoms with Gasteiger partial charge in [-0.1, -0.05) is 41.0 Å². The molecule has 0 aliphatic rings. The highest BCUT2D eigenvalue weighted by Crippen LogP contribution is 2.35. The van der Waals surface area contributed by atoms with Crippen LogP contribution in [0, 0.1) is 0 Å². The standard InChI is InChI=1S/C22H16Cl2N2O2S2/c1-28-19-4-2-3-13(21(19)27)11-25-16-6-8-18-20(10-16)30-22(26-18)29-12-14-9-15(23)5-7-17(14)24/h2-11,27H,12H2,1H3. The van der Waals surface area contributed by atoms with E-state index in [1.54, 1.807) is 47.5 Å². The van der Waals surface area contributed by atoms with E-state index in [0.717, 1.165) is 25.8 Å². The molecule has 4 nitrogen and oxygen atoms in total. The van der Waals surface area contributed by atoms with E-state index in [-0.39, 0.29) is 5.75 Å². The number of nitrogens with zero attached hydrogens (tertiary/aromatic N) is 2. The van der Waals surface area contributed by atoms with E-state index in [0.29, 0.717) is 27.1 Å². The SMILES string of the molecule is COc1cccc(C=Nc2ccc3nc(SCc4cc(Cl)ccc4Cl)sc3c2)c1O. The van der Waals surface area contributed by atoms with Gasteiger partial charge in [-0.05, 0) is 54.1 Å². The van der Waals surface area contributed by atoms with Crippen molar-refractivity contribution in [2.24, 2.45) is 4.99 Å². The molecule has 0 aliphatic carbocycles. The Morgan fingerprint density at radius 2 is 2.03 bits per heavy atom. The maximum atomic E-state index is 10.2. The number of methoxy groups -OCH3 is 1. The third-order valence-corrected chi connectivity index (χ3v) is 7.13. The largest absolute Gasteiger partial charge is 0.504 e. The van der Waals surface area contributed by atoms with E-state index in [4.69, 9.17) is 27.9 Å². The quantitative estimate of drug-likeness (QED) is 0.234. The number of para-hydroxylation sites is 1. The Balaban J connectivity index is 1.52. The highest BCUT2D eigenvalue weighted by molar-refractivity contribution is 8.00. The molecule has 8 heteroatoms. The summed E-state index contributed by atoms with van der Waals surface area (Å²) in [6.45, 7) is 0. The number of hydrogen-bond acceptors (Lipinski definition) is 6. The Labute approximate surface area is 192 Å². The lowest BCUT2D eigenvalue weighted by Crippen LogP contribution is -1.88. The van der Waals surface area contributed by atoms with Gasteiger partial charge in [0.05, 0.1) is 23.0 Å². The molecule has 152 valence electrons. The summed E-state index contributed by atoms with van der Waals surface area (Å²) in [6.07, 6.45) is 1.62. The molecule has 0 amide bonds. The van der Waals surface area contributed by atoms with Crippen LogP contribution in [0.1, 0.15) is 11.1 Å². The highest BCUT2D eigenvalue weighted by atomic mass is 35.5. The van der Waals surface area contributed by atoms with E-state index in [2.05, 4.69) is 9.98 Å². The molecular weight excluding hydrogens is 459 g/mol. The summed E-state index contributed by atoms with van der Waals surface area (Å²) in [5.74, 6) is 1.18. The number of hydrogen-bond donors (Lipinski definition) is 1. The maximum Gasteiger partial charge on any atom is 0.166 e. The lowest BCUT2D eigenvalue weighted by molar-refractivity contribution is 0.373. The topological polar surface area (TPSA) is 54.7 Å². The molecule has 0 unspecified atom stereocenters. The van der Waals surface area contributed by atoms with Gasteiger partial charge in [0.1, 0.15) is 0 Å². The van der Waals surface area contributed by atoms with Crippen molar-refractivity contribution in [3.63, 3.8) is 0 Å². The van der Waals surface area contributed by atoms with Gasteiger partial charge in [-0.25, -0.2) is 4.98 Å². The van der Waals surface area contributed by atoms with Gasteiger partial charge in [-0.3, -0.25) is 4.99 Å². The number of aliphatic imine (C=N–C) groups is 1. The number of ether oxygens (including phenoxy) is 1. The highest BCUT2D eigenvalue weighted by Gasteiger charge is 2.09. The number of halogens is 2. The minimum atomic E-state index is 0.0704. The van der Waals surface area contributed by atoms with E-state index >= 15 is 0 Å². The molecule has 0 atom stereocenters. The summed E-state index contributed by atoms with van der Waals surface area (Å²) in [5, 5.41) is 11.6. The first-order valence-corrected chi connectivity index (χ1v) is 11.5. The molecular formula is C22H16Cl2N2O2S2. The van der Waals surface area contributed by atoms with Crippen LogP contribution in [0.5, 0.6) is 11.5 Å². The van der Waals surface area contributed by atoms with Crippen molar-refractivity contribution in [3.8, 4) is 11.5 Å². The summed E-state index contributed by atoms with van der Waals surface area (Å²) in [7, 11) is 1.52. The molecule has 0 radical (unpaired) electrons. The fourth-order valence-corrected chi connectivity index (χ4v) is 5.33. The monoisotopic (exact) mass is 474 g/mol. The van der Waals surface area contributed by atoms with Gasteiger partial charge in [-0.15, -0.1) is 11.3 Å². The fraction of sp³-hybridized carbons (Fsp3) is 0.0909. The number of rotatable bonds is 6. The number of benzene rings is 3. The Hall–Kier alpha value is -2.25. The molecule has 30 heavy (non-hydrogen) atoms. The van der Waals surface area contributed by atoms with Gasteiger partial charge < -0.3 is 9.84 Å². The first-order chi connectivity index (χ1) is 14.5. The molecule has 3 aromatic carbocycles. The number of aromatic hydroxyl groups is 1. The number of fused-ring (bicyclic) bond motifs is 1. The average molecular weight is 475 g/mol. The van der Waals surface area contributed by atoms with Crippen LogP contribution in [0.25, 0.3) is 10.2 Å². The minimum Gasteiger partial charge on any atom is -0.504 e. The number of aromatic nitrogens is 1. The van der Waals surface area contributed by atoms with Crippen LogP contribution in [0.4, 0.5) is 5.69 Å². The fourth-order valence-electron chi connectivity index (χ4n) is 2.78. The smallest absolute Gasteiger partial charge is 0.166 e. The van der Waals surface area contributed by atoms with Gasteiger partial charge in [0.25, 0.3) is 0 Å². The number of thioether (sulfide) groups is 1. The first-order valence-electron chi connectivity index (χ1n) is 8.91. The van der Waals surface area contributed by atoms with Gasteiger partial charge >= 0.3 is 0 Å².